The SMILES string of the molecule is C#Cc1ccccc1C(O)(c1cc(C)c(N=C)cc1OC)C(F)(F)P. The van der Waals surface area contributed by atoms with E-state index in [9.17, 15) is 13.9 Å². The molecule has 0 bridgehead atoms. The third kappa shape index (κ3) is 3.16. The Morgan fingerprint density at radius 1 is 1.28 bits per heavy atom. The molecule has 3 nitrogen and oxygen atoms in total. The van der Waals surface area contributed by atoms with E-state index in [1.165, 1.54) is 46.7 Å². The molecular formula is C19H18F2NO2P. The number of ether oxygens (including phenoxy) is 1. The highest BCUT2D eigenvalue weighted by molar-refractivity contribution is 7.18. The maximum atomic E-state index is 14.6. The van der Waals surface area contributed by atoms with Crippen molar-refractivity contribution in [2.75, 3.05) is 7.11 Å². The quantitative estimate of drug-likeness (QED) is 0.497. The molecule has 2 unspecified atom stereocenters. The molecule has 2 aromatic rings. The van der Waals surface area contributed by atoms with Crippen LogP contribution in [-0.2, 0) is 5.60 Å². The molecule has 2 aromatic carbocycles. The van der Waals surface area contributed by atoms with E-state index in [0.29, 0.717) is 11.3 Å². The predicted molar refractivity (Wildman–Crippen MR) is 99.0 cm³/mol. The van der Waals surface area contributed by atoms with Gasteiger partial charge in [0.05, 0.1) is 12.8 Å². The number of terminal acetylenes is 1. The average molecular weight is 361 g/mol. The molecule has 0 radical (unpaired) electrons. The Kier molecular flexibility index (Phi) is 5.27. The van der Waals surface area contributed by atoms with Crippen LogP contribution in [0.4, 0.5) is 14.5 Å². The fraction of sp³-hybridized carbons (Fsp3) is 0.211. The van der Waals surface area contributed by atoms with Crippen LogP contribution in [0, 0.1) is 19.3 Å². The van der Waals surface area contributed by atoms with Gasteiger partial charge in [0.2, 0.25) is 0 Å². The molecule has 2 atom stereocenters. The average Bonchev–Trinajstić information content (AvgIpc) is 2.59. The molecule has 0 heterocycles. The molecule has 2 rings (SSSR count). The van der Waals surface area contributed by atoms with Crippen LogP contribution in [0.25, 0.3) is 0 Å². The van der Waals surface area contributed by atoms with E-state index in [1.807, 2.05) is 0 Å². The van der Waals surface area contributed by atoms with Crippen LogP contribution in [0.5, 0.6) is 5.75 Å². The van der Waals surface area contributed by atoms with Crippen molar-refractivity contribution in [3.63, 3.8) is 0 Å². The highest BCUT2D eigenvalue weighted by Gasteiger charge is 2.54. The van der Waals surface area contributed by atoms with Gasteiger partial charge in [-0.1, -0.05) is 33.4 Å². The Hall–Kier alpha value is -2.28. The maximum Gasteiger partial charge on any atom is 0.295 e. The van der Waals surface area contributed by atoms with Crippen molar-refractivity contribution in [1.29, 1.82) is 0 Å². The van der Waals surface area contributed by atoms with Gasteiger partial charge in [0.1, 0.15) is 5.75 Å². The third-order valence-corrected chi connectivity index (χ3v) is 4.45. The summed E-state index contributed by atoms with van der Waals surface area (Å²) in [6, 6.07) is 8.90. The molecule has 0 amide bonds. The van der Waals surface area contributed by atoms with Crippen molar-refractivity contribution in [2.24, 2.45) is 4.99 Å². The summed E-state index contributed by atoms with van der Waals surface area (Å²) < 4.78 is 34.5. The lowest BCUT2D eigenvalue weighted by atomic mass is 9.82. The number of hydrogen-bond donors (Lipinski definition) is 1. The first kappa shape index (κ1) is 19.1. The highest BCUT2D eigenvalue weighted by atomic mass is 31.0. The number of alkyl halides is 2. The number of aliphatic hydroxyl groups is 1. The van der Waals surface area contributed by atoms with Gasteiger partial charge < -0.3 is 9.84 Å². The molecule has 0 aliphatic rings. The summed E-state index contributed by atoms with van der Waals surface area (Å²) in [5, 5.41) is 11.2. The van der Waals surface area contributed by atoms with E-state index < -0.39 is 11.3 Å². The summed E-state index contributed by atoms with van der Waals surface area (Å²) in [5.74, 6) is 2.41. The summed E-state index contributed by atoms with van der Waals surface area (Å²) in [4.78, 5) is 3.83. The van der Waals surface area contributed by atoms with Gasteiger partial charge in [0.25, 0.3) is 5.66 Å². The van der Waals surface area contributed by atoms with Gasteiger partial charge in [-0.05, 0) is 31.3 Å². The van der Waals surface area contributed by atoms with Crippen LogP contribution in [-0.4, -0.2) is 24.6 Å². The second-order valence-electron chi connectivity index (χ2n) is 5.52. The second kappa shape index (κ2) is 6.92. The number of nitrogens with zero attached hydrogens (tertiary/aromatic N) is 1. The first-order chi connectivity index (χ1) is 11.7. The number of aryl methyl sites for hydroxylation is 1. The standard InChI is InChI=1S/C19H18F2NO2P/c1-5-13-8-6-7-9-14(13)18(23,19(20,21)25)15-10-12(2)16(22-3)11-17(15)24-4/h1,6-11,23H,3,25H2,2,4H3. The summed E-state index contributed by atoms with van der Waals surface area (Å²) >= 11 is 0. The lowest BCUT2D eigenvalue weighted by molar-refractivity contribution is -0.100. The Balaban J connectivity index is 2.92. The van der Waals surface area contributed by atoms with Crippen LogP contribution < -0.4 is 4.74 Å². The molecule has 0 aliphatic heterocycles. The number of benzene rings is 2. The Bertz CT molecular complexity index is 855. The Morgan fingerprint density at radius 3 is 2.44 bits per heavy atom. The van der Waals surface area contributed by atoms with Crippen molar-refractivity contribution in [1.82, 2.24) is 0 Å². The topological polar surface area (TPSA) is 41.8 Å². The van der Waals surface area contributed by atoms with E-state index in [-0.39, 0.29) is 22.4 Å². The van der Waals surface area contributed by atoms with E-state index in [2.05, 4.69) is 17.6 Å². The number of rotatable bonds is 5. The second-order valence-corrected chi connectivity index (χ2v) is 6.25. The number of aliphatic imine (C=N–C) groups is 1. The molecule has 0 saturated heterocycles. The van der Waals surface area contributed by atoms with Gasteiger partial charge in [-0.3, -0.25) is 4.99 Å². The summed E-state index contributed by atoms with van der Waals surface area (Å²) in [7, 11) is 2.72. The lowest BCUT2D eigenvalue weighted by Gasteiger charge is -2.36. The van der Waals surface area contributed by atoms with Crippen molar-refractivity contribution >= 4 is 21.6 Å². The summed E-state index contributed by atoms with van der Waals surface area (Å²) in [5.41, 5.74) is -5.33. The third-order valence-electron chi connectivity index (χ3n) is 4.03. The van der Waals surface area contributed by atoms with Crippen molar-refractivity contribution in [2.45, 2.75) is 18.2 Å². The predicted octanol–water partition coefficient (Wildman–Crippen LogP) is 4.02. The Labute approximate surface area is 148 Å². The van der Waals surface area contributed by atoms with Crippen molar-refractivity contribution in [3.05, 3.63) is 58.7 Å². The van der Waals surface area contributed by atoms with Crippen LogP contribution in [0.3, 0.4) is 0 Å². The first-order valence-corrected chi connectivity index (χ1v) is 7.89. The Morgan fingerprint density at radius 2 is 1.92 bits per heavy atom. The monoisotopic (exact) mass is 361 g/mol. The molecule has 0 aromatic heterocycles. The van der Waals surface area contributed by atoms with E-state index in [4.69, 9.17) is 11.2 Å². The lowest BCUT2D eigenvalue weighted by Crippen LogP contribution is -2.43. The molecule has 0 aliphatic carbocycles. The molecular weight excluding hydrogens is 343 g/mol. The molecule has 25 heavy (non-hydrogen) atoms. The van der Waals surface area contributed by atoms with E-state index in [0.717, 1.165) is 0 Å². The van der Waals surface area contributed by atoms with Gasteiger partial charge in [-0.2, -0.15) is 8.78 Å². The molecule has 1 N–H and O–H groups in total. The zero-order valence-electron chi connectivity index (χ0n) is 13.9. The van der Waals surface area contributed by atoms with Crippen molar-refractivity contribution in [3.8, 4) is 18.1 Å². The van der Waals surface area contributed by atoms with Crippen molar-refractivity contribution < 1.29 is 18.6 Å². The van der Waals surface area contributed by atoms with Crippen LogP contribution in [0.1, 0.15) is 22.3 Å². The number of hydrogen-bond acceptors (Lipinski definition) is 3. The van der Waals surface area contributed by atoms with Gasteiger partial charge in [0.15, 0.2) is 5.60 Å². The van der Waals surface area contributed by atoms with E-state index in [1.54, 1.807) is 13.0 Å². The van der Waals surface area contributed by atoms with Crippen LogP contribution in [0.15, 0.2) is 41.4 Å². The van der Waals surface area contributed by atoms with Crippen LogP contribution >= 0.6 is 9.24 Å². The van der Waals surface area contributed by atoms with Gasteiger partial charge in [-0.25, -0.2) is 0 Å². The largest absolute Gasteiger partial charge is 0.496 e. The summed E-state index contributed by atoms with van der Waals surface area (Å²) in [6.45, 7) is 5.13. The minimum atomic E-state index is -3.62. The smallest absolute Gasteiger partial charge is 0.295 e. The highest BCUT2D eigenvalue weighted by Crippen LogP contribution is 2.51. The molecule has 0 saturated carbocycles. The summed E-state index contributed by atoms with van der Waals surface area (Å²) in [6.07, 6.45) is 5.45. The van der Waals surface area contributed by atoms with Crippen LogP contribution in [0.2, 0.25) is 0 Å². The number of halogens is 2. The van der Waals surface area contributed by atoms with E-state index >= 15 is 0 Å². The molecule has 0 spiro atoms. The van der Waals surface area contributed by atoms with Gasteiger partial charge in [0, 0.05) is 22.8 Å². The maximum absolute atomic E-state index is 14.6. The van der Waals surface area contributed by atoms with Gasteiger partial charge >= 0.3 is 0 Å². The molecule has 6 heteroatoms. The molecule has 0 fully saturated rings. The fourth-order valence-corrected chi connectivity index (χ4v) is 3.04. The van der Waals surface area contributed by atoms with Gasteiger partial charge in [-0.15, -0.1) is 6.42 Å². The molecule has 130 valence electrons. The first-order valence-electron chi connectivity index (χ1n) is 7.31. The number of methoxy groups -OCH3 is 1. The normalized spacial score (nSPS) is 13.6. The zero-order valence-corrected chi connectivity index (χ0v) is 15.0. The minimum Gasteiger partial charge on any atom is -0.496 e. The zero-order chi connectivity index (χ0) is 18.8. The fourth-order valence-electron chi connectivity index (χ4n) is 2.73. The minimum absolute atomic E-state index is 0.0597.